The molecule has 0 radical (unpaired) electrons. The molecule has 24 heavy (non-hydrogen) atoms. The Balaban J connectivity index is 2.94. The third kappa shape index (κ3) is 6.49. The van der Waals surface area contributed by atoms with Gasteiger partial charge in [-0.2, -0.15) is 0 Å². The van der Waals surface area contributed by atoms with Gasteiger partial charge in [0.1, 0.15) is 0 Å². The predicted octanol–water partition coefficient (Wildman–Crippen LogP) is 3.80. The molecule has 0 unspecified atom stereocenters. The van der Waals surface area contributed by atoms with Crippen LogP contribution in [-0.4, -0.2) is 45.1 Å². The molecule has 0 saturated heterocycles. The minimum atomic E-state index is -3.55. The van der Waals surface area contributed by atoms with Crippen LogP contribution in [0.1, 0.15) is 33.1 Å². The monoisotopic (exact) mass is 394 g/mol. The highest BCUT2D eigenvalue weighted by Crippen LogP contribution is 2.27. The fraction of sp³-hybridized carbons (Fsp3) is 0.562. The minimum Gasteiger partial charge on any atom is -0.343 e. The van der Waals surface area contributed by atoms with Crippen molar-refractivity contribution in [3.05, 3.63) is 28.2 Å². The summed E-state index contributed by atoms with van der Waals surface area (Å²) >= 11 is 11.9. The van der Waals surface area contributed by atoms with E-state index in [1.807, 2.05) is 13.8 Å². The SMILES string of the molecule is CCCN(CCC)C(=O)CCN(c1cc(Cl)cc(Cl)c1)S(C)(=O)=O. The second kappa shape index (κ2) is 9.49. The van der Waals surface area contributed by atoms with Crippen LogP contribution in [0.4, 0.5) is 5.69 Å². The minimum absolute atomic E-state index is 0.0538. The van der Waals surface area contributed by atoms with Crippen LogP contribution in [0.5, 0.6) is 0 Å². The summed E-state index contributed by atoms with van der Waals surface area (Å²) in [6.45, 7) is 5.42. The van der Waals surface area contributed by atoms with Gasteiger partial charge in [-0.3, -0.25) is 9.10 Å². The number of hydrogen-bond donors (Lipinski definition) is 0. The van der Waals surface area contributed by atoms with Crippen LogP contribution in [0.2, 0.25) is 10.0 Å². The summed E-state index contributed by atoms with van der Waals surface area (Å²) in [6, 6.07) is 4.58. The maximum Gasteiger partial charge on any atom is 0.232 e. The van der Waals surface area contributed by atoms with Crippen molar-refractivity contribution in [3.8, 4) is 0 Å². The van der Waals surface area contributed by atoms with Crippen LogP contribution in [-0.2, 0) is 14.8 Å². The molecule has 1 rings (SSSR count). The topological polar surface area (TPSA) is 57.7 Å². The van der Waals surface area contributed by atoms with Gasteiger partial charge in [0.15, 0.2) is 0 Å². The van der Waals surface area contributed by atoms with Gasteiger partial charge in [-0.05, 0) is 31.0 Å². The fourth-order valence-electron chi connectivity index (χ4n) is 2.43. The summed E-state index contributed by atoms with van der Waals surface area (Å²) in [5.41, 5.74) is 0.361. The summed E-state index contributed by atoms with van der Waals surface area (Å²) in [5.74, 6) is -0.0551. The van der Waals surface area contributed by atoms with E-state index in [9.17, 15) is 13.2 Å². The first-order valence-electron chi connectivity index (χ1n) is 7.90. The van der Waals surface area contributed by atoms with Gasteiger partial charge >= 0.3 is 0 Å². The second-order valence-electron chi connectivity index (χ2n) is 5.59. The lowest BCUT2D eigenvalue weighted by molar-refractivity contribution is -0.131. The molecule has 0 aromatic heterocycles. The molecule has 0 spiro atoms. The first-order valence-corrected chi connectivity index (χ1v) is 10.5. The van der Waals surface area contributed by atoms with E-state index in [-0.39, 0.29) is 18.9 Å². The molecular weight excluding hydrogens is 371 g/mol. The summed E-state index contributed by atoms with van der Waals surface area (Å²) < 4.78 is 25.4. The van der Waals surface area contributed by atoms with Crippen LogP contribution < -0.4 is 4.31 Å². The fourth-order valence-corrected chi connectivity index (χ4v) is 3.85. The number of benzene rings is 1. The third-order valence-corrected chi connectivity index (χ3v) is 5.03. The van der Waals surface area contributed by atoms with Crippen molar-refractivity contribution in [2.45, 2.75) is 33.1 Å². The quantitative estimate of drug-likeness (QED) is 0.639. The summed E-state index contributed by atoms with van der Waals surface area (Å²) in [6.07, 6.45) is 2.94. The van der Waals surface area contributed by atoms with Crippen LogP contribution in [0.25, 0.3) is 0 Å². The van der Waals surface area contributed by atoms with Crippen LogP contribution >= 0.6 is 23.2 Å². The lowest BCUT2D eigenvalue weighted by Gasteiger charge is -2.25. The highest BCUT2D eigenvalue weighted by atomic mass is 35.5. The molecule has 0 bridgehead atoms. The Kier molecular flexibility index (Phi) is 8.33. The van der Waals surface area contributed by atoms with Crippen molar-refractivity contribution in [1.82, 2.24) is 4.90 Å². The number of rotatable bonds is 9. The maximum absolute atomic E-state index is 12.4. The van der Waals surface area contributed by atoms with E-state index >= 15 is 0 Å². The molecule has 1 aromatic carbocycles. The first-order chi connectivity index (χ1) is 11.2. The van der Waals surface area contributed by atoms with Gasteiger partial charge in [0.25, 0.3) is 0 Å². The Labute approximate surface area is 154 Å². The molecule has 0 aliphatic heterocycles. The van der Waals surface area contributed by atoms with Gasteiger partial charge in [0.05, 0.1) is 11.9 Å². The maximum atomic E-state index is 12.4. The van der Waals surface area contributed by atoms with Crippen molar-refractivity contribution in [2.75, 3.05) is 30.2 Å². The van der Waals surface area contributed by atoms with Gasteiger partial charge in [-0.1, -0.05) is 37.0 Å². The first kappa shape index (κ1) is 21.1. The lowest BCUT2D eigenvalue weighted by Crippen LogP contribution is -2.37. The largest absolute Gasteiger partial charge is 0.343 e. The van der Waals surface area contributed by atoms with E-state index in [0.29, 0.717) is 28.8 Å². The van der Waals surface area contributed by atoms with Gasteiger partial charge in [0, 0.05) is 36.1 Å². The Morgan fingerprint density at radius 1 is 1.00 bits per heavy atom. The molecule has 0 aliphatic rings. The number of amides is 1. The third-order valence-electron chi connectivity index (χ3n) is 3.40. The average molecular weight is 395 g/mol. The second-order valence-corrected chi connectivity index (χ2v) is 8.37. The zero-order valence-corrected chi connectivity index (χ0v) is 16.6. The smallest absolute Gasteiger partial charge is 0.232 e. The van der Waals surface area contributed by atoms with Crippen molar-refractivity contribution in [3.63, 3.8) is 0 Å². The molecule has 1 aromatic rings. The number of carbonyl (C=O) groups excluding carboxylic acids is 1. The molecule has 0 N–H and O–H groups in total. The Morgan fingerprint density at radius 2 is 1.50 bits per heavy atom. The molecule has 1 amide bonds. The molecular formula is C16H24Cl2N2O3S. The highest BCUT2D eigenvalue weighted by Gasteiger charge is 2.21. The molecule has 0 fully saturated rings. The molecule has 0 atom stereocenters. The van der Waals surface area contributed by atoms with Crippen molar-refractivity contribution >= 4 is 44.8 Å². The van der Waals surface area contributed by atoms with Gasteiger partial charge in [0.2, 0.25) is 15.9 Å². The molecule has 0 heterocycles. The molecule has 8 heteroatoms. The van der Waals surface area contributed by atoms with Gasteiger partial charge < -0.3 is 4.90 Å². The van der Waals surface area contributed by atoms with E-state index in [1.54, 1.807) is 4.90 Å². The Hall–Kier alpha value is -0.980. The number of sulfonamides is 1. The molecule has 0 saturated carbocycles. The number of carbonyl (C=O) groups is 1. The Bertz CT molecular complexity index is 639. The lowest BCUT2D eigenvalue weighted by atomic mass is 10.2. The molecule has 136 valence electrons. The average Bonchev–Trinajstić information content (AvgIpc) is 2.44. The van der Waals surface area contributed by atoms with Crippen LogP contribution in [0.3, 0.4) is 0 Å². The van der Waals surface area contributed by atoms with Crippen molar-refractivity contribution < 1.29 is 13.2 Å². The standard InChI is InChI=1S/C16H24Cl2N2O3S/c1-4-7-19(8-5-2)16(21)6-9-20(24(3,22)23)15-11-13(17)10-14(18)12-15/h10-12H,4-9H2,1-3H3. The van der Waals surface area contributed by atoms with Crippen molar-refractivity contribution in [1.29, 1.82) is 0 Å². The van der Waals surface area contributed by atoms with Crippen molar-refractivity contribution in [2.24, 2.45) is 0 Å². The number of halogens is 2. The summed E-state index contributed by atoms with van der Waals surface area (Å²) in [4.78, 5) is 14.1. The van der Waals surface area contributed by atoms with E-state index in [0.717, 1.165) is 19.1 Å². The zero-order valence-electron chi connectivity index (χ0n) is 14.3. The van der Waals surface area contributed by atoms with E-state index in [1.165, 1.54) is 22.5 Å². The van der Waals surface area contributed by atoms with E-state index in [2.05, 4.69) is 0 Å². The molecule has 5 nitrogen and oxygen atoms in total. The number of hydrogen-bond acceptors (Lipinski definition) is 3. The highest BCUT2D eigenvalue weighted by molar-refractivity contribution is 7.92. The molecule has 0 aliphatic carbocycles. The Morgan fingerprint density at radius 3 is 1.92 bits per heavy atom. The van der Waals surface area contributed by atoms with Gasteiger partial charge in [-0.25, -0.2) is 8.42 Å². The number of nitrogens with zero attached hydrogens (tertiary/aromatic N) is 2. The normalized spacial score (nSPS) is 11.4. The van der Waals surface area contributed by atoms with E-state index < -0.39 is 10.0 Å². The summed E-state index contributed by atoms with van der Waals surface area (Å²) in [7, 11) is -3.55. The van der Waals surface area contributed by atoms with Crippen LogP contribution in [0.15, 0.2) is 18.2 Å². The summed E-state index contributed by atoms with van der Waals surface area (Å²) in [5, 5.41) is 0.687. The van der Waals surface area contributed by atoms with E-state index in [4.69, 9.17) is 23.2 Å². The predicted molar refractivity (Wildman–Crippen MR) is 100 cm³/mol. The van der Waals surface area contributed by atoms with Crippen LogP contribution in [0, 0.1) is 0 Å². The number of anilines is 1. The zero-order chi connectivity index (χ0) is 18.3. The van der Waals surface area contributed by atoms with Gasteiger partial charge in [-0.15, -0.1) is 0 Å².